The Balaban J connectivity index is 2.40. The molecule has 0 saturated heterocycles. The molecule has 1 heterocycles. The Labute approximate surface area is 80.8 Å². The first-order valence-electron chi connectivity index (χ1n) is 4.10. The van der Waals surface area contributed by atoms with Gasteiger partial charge in [0.05, 0.1) is 0 Å². The standard InChI is InChI=1S/C10H7N3O/c1-7-2-4-8(5-3-7)10-13-12-9(6-11)14-10/h2-5H,1H3. The molecule has 0 aliphatic rings. The fraction of sp³-hybridized carbons (Fsp3) is 0.100. The molecular weight excluding hydrogens is 178 g/mol. The zero-order valence-electron chi connectivity index (χ0n) is 7.56. The Morgan fingerprint density at radius 2 is 1.93 bits per heavy atom. The maximum Gasteiger partial charge on any atom is 0.321 e. The topological polar surface area (TPSA) is 62.7 Å². The van der Waals surface area contributed by atoms with Crippen LogP contribution < -0.4 is 0 Å². The van der Waals surface area contributed by atoms with Gasteiger partial charge >= 0.3 is 5.89 Å². The van der Waals surface area contributed by atoms with Crippen LogP contribution in [0.4, 0.5) is 0 Å². The molecule has 0 fully saturated rings. The molecule has 68 valence electrons. The van der Waals surface area contributed by atoms with Crippen molar-refractivity contribution in [1.29, 1.82) is 5.26 Å². The molecule has 0 N–H and O–H groups in total. The summed E-state index contributed by atoms with van der Waals surface area (Å²) in [4.78, 5) is 0. The third-order valence-electron chi connectivity index (χ3n) is 1.82. The Bertz CT molecular complexity index is 479. The molecule has 14 heavy (non-hydrogen) atoms. The van der Waals surface area contributed by atoms with Gasteiger partial charge in [0, 0.05) is 5.56 Å². The van der Waals surface area contributed by atoms with Gasteiger partial charge in [0.15, 0.2) is 6.07 Å². The summed E-state index contributed by atoms with van der Waals surface area (Å²) >= 11 is 0. The number of nitrogens with zero attached hydrogens (tertiary/aromatic N) is 3. The molecule has 0 aliphatic heterocycles. The summed E-state index contributed by atoms with van der Waals surface area (Å²) in [6, 6.07) is 9.45. The Morgan fingerprint density at radius 3 is 2.50 bits per heavy atom. The van der Waals surface area contributed by atoms with E-state index in [1.54, 1.807) is 6.07 Å². The van der Waals surface area contributed by atoms with E-state index in [4.69, 9.17) is 9.68 Å². The second-order valence-corrected chi connectivity index (χ2v) is 2.89. The minimum Gasteiger partial charge on any atom is -0.408 e. The summed E-state index contributed by atoms with van der Waals surface area (Å²) in [6.45, 7) is 2.00. The lowest BCUT2D eigenvalue weighted by Crippen LogP contribution is -1.77. The maximum absolute atomic E-state index is 8.50. The normalized spacial score (nSPS) is 9.71. The molecule has 1 aromatic heterocycles. The Morgan fingerprint density at radius 1 is 1.21 bits per heavy atom. The van der Waals surface area contributed by atoms with Crippen molar-refractivity contribution in [3.8, 4) is 17.5 Å². The van der Waals surface area contributed by atoms with Gasteiger partial charge in [-0.25, -0.2) is 0 Å². The van der Waals surface area contributed by atoms with Crippen molar-refractivity contribution in [2.24, 2.45) is 0 Å². The van der Waals surface area contributed by atoms with Crippen molar-refractivity contribution in [3.63, 3.8) is 0 Å². The number of hydrogen-bond acceptors (Lipinski definition) is 4. The van der Waals surface area contributed by atoms with Gasteiger partial charge in [0.25, 0.3) is 0 Å². The monoisotopic (exact) mass is 185 g/mol. The molecule has 0 radical (unpaired) electrons. The molecular formula is C10H7N3O. The van der Waals surface area contributed by atoms with E-state index in [0.717, 1.165) is 11.1 Å². The van der Waals surface area contributed by atoms with Gasteiger partial charge in [-0.15, -0.1) is 5.10 Å². The van der Waals surface area contributed by atoms with Gasteiger partial charge in [0.2, 0.25) is 5.89 Å². The van der Waals surface area contributed by atoms with E-state index in [1.807, 2.05) is 31.2 Å². The molecule has 0 saturated carbocycles. The van der Waals surface area contributed by atoms with Crippen LogP contribution in [-0.4, -0.2) is 10.2 Å². The highest BCUT2D eigenvalue weighted by Crippen LogP contribution is 2.17. The smallest absolute Gasteiger partial charge is 0.321 e. The summed E-state index contributed by atoms with van der Waals surface area (Å²) in [5.74, 6) is 0.363. The van der Waals surface area contributed by atoms with Gasteiger partial charge < -0.3 is 4.42 Å². The molecule has 1 aromatic carbocycles. The predicted molar refractivity (Wildman–Crippen MR) is 49.2 cm³/mol. The highest BCUT2D eigenvalue weighted by atomic mass is 16.4. The zero-order chi connectivity index (χ0) is 9.97. The number of rotatable bonds is 1. The van der Waals surface area contributed by atoms with Crippen molar-refractivity contribution in [3.05, 3.63) is 35.7 Å². The number of aryl methyl sites for hydroxylation is 1. The highest BCUT2D eigenvalue weighted by molar-refractivity contribution is 5.53. The second kappa shape index (κ2) is 3.30. The molecule has 0 unspecified atom stereocenters. The molecule has 0 atom stereocenters. The Hall–Kier alpha value is -2.15. The largest absolute Gasteiger partial charge is 0.408 e. The van der Waals surface area contributed by atoms with Crippen LogP contribution in [0.2, 0.25) is 0 Å². The molecule has 4 heteroatoms. The molecule has 0 spiro atoms. The van der Waals surface area contributed by atoms with Crippen LogP contribution >= 0.6 is 0 Å². The second-order valence-electron chi connectivity index (χ2n) is 2.89. The first-order chi connectivity index (χ1) is 6.79. The van der Waals surface area contributed by atoms with E-state index in [1.165, 1.54) is 0 Å². The predicted octanol–water partition coefficient (Wildman–Crippen LogP) is 1.92. The van der Waals surface area contributed by atoms with E-state index < -0.39 is 0 Å². The van der Waals surface area contributed by atoms with Crippen LogP contribution in [0.5, 0.6) is 0 Å². The van der Waals surface area contributed by atoms with Crippen molar-refractivity contribution in [2.45, 2.75) is 6.92 Å². The van der Waals surface area contributed by atoms with Crippen LogP contribution in [0.1, 0.15) is 11.5 Å². The highest BCUT2D eigenvalue weighted by Gasteiger charge is 2.06. The number of aromatic nitrogens is 2. The number of hydrogen-bond donors (Lipinski definition) is 0. The van der Waals surface area contributed by atoms with Crippen LogP contribution in [-0.2, 0) is 0 Å². The molecule has 2 aromatic rings. The van der Waals surface area contributed by atoms with Crippen LogP contribution in [0.25, 0.3) is 11.5 Å². The summed E-state index contributed by atoms with van der Waals surface area (Å²) in [5, 5.41) is 15.8. The molecule has 0 bridgehead atoms. The van der Waals surface area contributed by atoms with Crippen LogP contribution in [0.3, 0.4) is 0 Å². The molecule has 2 rings (SSSR count). The number of benzene rings is 1. The first kappa shape index (κ1) is 8.45. The lowest BCUT2D eigenvalue weighted by atomic mass is 10.1. The Kier molecular flexibility index (Phi) is 1.99. The van der Waals surface area contributed by atoms with E-state index in [-0.39, 0.29) is 5.89 Å². The summed E-state index contributed by atoms with van der Waals surface area (Å²) in [7, 11) is 0. The summed E-state index contributed by atoms with van der Waals surface area (Å²) < 4.78 is 5.08. The first-order valence-corrected chi connectivity index (χ1v) is 4.10. The summed E-state index contributed by atoms with van der Waals surface area (Å²) in [5.41, 5.74) is 1.98. The van der Waals surface area contributed by atoms with Gasteiger partial charge in [-0.2, -0.15) is 5.26 Å². The van der Waals surface area contributed by atoms with Gasteiger partial charge in [-0.3, -0.25) is 0 Å². The minimum absolute atomic E-state index is 0.0134. The lowest BCUT2D eigenvalue weighted by molar-refractivity contribution is 0.553. The van der Waals surface area contributed by atoms with Crippen LogP contribution in [0, 0.1) is 18.3 Å². The van der Waals surface area contributed by atoms with Crippen molar-refractivity contribution in [1.82, 2.24) is 10.2 Å². The van der Waals surface area contributed by atoms with Crippen molar-refractivity contribution >= 4 is 0 Å². The molecule has 0 amide bonds. The van der Waals surface area contributed by atoms with Crippen LogP contribution in [0.15, 0.2) is 28.7 Å². The van der Waals surface area contributed by atoms with Gasteiger partial charge in [-0.1, -0.05) is 22.8 Å². The summed E-state index contributed by atoms with van der Waals surface area (Å²) in [6.07, 6.45) is 0. The van der Waals surface area contributed by atoms with E-state index in [2.05, 4.69) is 10.2 Å². The SMILES string of the molecule is Cc1ccc(-c2nnc(C#N)o2)cc1. The van der Waals surface area contributed by atoms with E-state index in [0.29, 0.717) is 5.89 Å². The van der Waals surface area contributed by atoms with E-state index in [9.17, 15) is 0 Å². The molecule has 4 nitrogen and oxygen atoms in total. The molecule has 0 aliphatic carbocycles. The van der Waals surface area contributed by atoms with Gasteiger partial charge in [0.1, 0.15) is 0 Å². The number of nitriles is 1. The van der Waals surface area contributed by atoms with Crippen molar-refractivity contribution < 1.29 is 4.42 Å². The maximum atomic E-state index is 8.50. The fourth-order valence-electron chi connectivity index (χ4n) is 1.08. The van der Waals surface area contributed by atoms with Crippen molar-refractivity contribution in [2.75, 3.05) is 0 Å². The third kappa shape index (κ3) is 1.48. The van der Waals surface area contributed by atoms with E-state index >= 15 is 0 Å². The fourth-order valence-corrected chi connectivity index (χ4v) is 1.08. The lowest BCUT2D eigenvalue weighted by Gasteiger charge is -1.94. The average Bonchev–Trinajstić information content (AvgIpc) is 2.67. The average molecular weight is 185 g/mol. The zero-order valence-corrected chi connectivity index (χ0v) is 7.56. The quantitative estimate of drug-likeness (QED) is 0.680. The minimum atomic E-state index is -0.0134. The third-order valence-corrected chi connectivity index (χ3v) is 1.82. The van der Waals surface area contributed by atoms with Gasteiger partial charge in [-0.05, 0) is 19.1 Å².